The normalized spacial score (nSPS) is 37.0. The van der Waals surface area contributed by atoms with E-state index in [1.807, 2.05) is 0 Å². The summed E-state index contributed by atoms with van der Waals surface area (Å²) in [5.74, 6) is 0.0376. The molecule has 1 amide bonds. The lowest BCUT2D eigenvalue weighted by Gasteiger charge is -2.42. The molecule has 3 fully saturated rings. The van der Waals surface area contributed by atoms with Gasteiger partial charge in [-0.05, 0) is 52.9 Å². The van der Waals surface area contributed by atoms with Gasteiger partial charge >= 0.3 is 6.09 Å². The maximum atomic E-state index is 12.4. The molecule has 1 aliphatic carbocycles. The van der Waals surface area contributed by atoms with Crippen molar-refractivity contribution in [2.75, 3.05) is 26.9 Å². The number of carbonyl (C=O) groups is 1. The van der Waals surface area contributed by atoms with E-state index in [-0.39, 0.29) is 42.0 Å². The van der Waals surface area contributed by atoms with E-state index in [0.29, 0.717) is 6.54 Å². The number of methoxy groups -OCH3 is 1. The highest BCUT2D eigenvalue weighted by atomic mass is 16.6. The van der Waals surface area contributed by atoms with Crippen LogP contribution in [-0.4, -0.2) is 67.6 Å². The lowest BCUT2D eigenvalue weighted by molar-refractivity contribution is -0.118. The van der Waals surface area contributed by atoms with Crippen molar-refractivity contribution in [3.05, 3.63) is 11.6 Å². The molecular formula is C23H39NO6. The zero-order valence-corrected chi connectivity index (χ0v) is 18.9. The molecule has 0 bridgehead atoms. The van der Waals surface area contributed by atoms with Crippen molar-refractivity contribution in [2.24, 2.45) is 5.92 Å². The molecule has 0 aromatic carbocycles. The van der Waals surface area contributed by atoms with Crippen molar-refractivity contribution >= 4 is 6.09 Å². The van der Waals surface area contributed by atoms with Crippen LogP contribution in [0.1, 0.15) is 65.7 Å². The van der Waals surface area contributed by atoms with Gasteiger partial charge in [0.05, 0.1) is 18.6 Å². The lowest BCUT2D eigenvalue weighted by atomic mass is 9.68. The summed E-state index contributed by atoms with van der Waals surface area (Å²) in [7, 11) is 1.69. The molecule has 6 unspecified atom stereocenters. The number of amides is 1. The maximum Gasteiger partial charge on any atom is 0.407 e. The smallest absolute Gasteiger partial charge is 0.407 e. The molecule has 1 spiro atoms. The average Bonchev–Trinajstić information content (AvgIpc) is 3.62. The summed E-state index contributed by atoms with van der Waals surface area (Å²) in [4.78, 5) is 12.4. The molecule has 0 aromatic rings. The maximum absolute atomic E-state index is 12.4. The van der Waals surface area contributed by atoms with Crippen LogP contribution < -0.4 is 5.32 Å². The molecule has 3 rings (SSSR count). The number of unbranched alkanes of at least 4 members (excludes halogenated alkanes) is 3. The lowest BCUT2D eigenvalue weighted by Crippen LogP contribution is -2.56. The highest BCUT2D eigenvalue weighted by molar-refractivity contribution is 5.67. The Morgan fingerprint density at radius 1 is 1.27 bits per heavy atom. The highest BCUT2D eigenvalue weighted by Crippen LogP contribution is 2.59. The largest absolute Gasteiger partial charge is 0.443 e. The van der Waals surface area contributed by atoms with E-state index in [2.05, 4.69) is 32.2 Å². The van der Waals surface area contributed by atoms with Crippen LogP contribution in [0.15, 0.2) is 11.6 Å². The van der Waals surface area contributed by atoms with E-state index in [4.69, 9.17) is 24.1 Å². The van der Waals surface area contributed by atoms with Crippen LogP contribution in [0.3, 0.4) is 0 Å². The summed E-state index contributed by atoms with van der Waals surface area (Å²) in [6.07, 6.45) is 7.50. The first kappa shape index (κ1) is 23.5. The Morgan fingerprint density at radius 3 is 2.63 bits per heavy atom. The summed E-state index contributed by atoms with van der Waals surface area (Å²) >= 11 is 0. The monoisotopic (exact) mass is 425 g/mol. The number of rotatable bonds is 11. The standard InChI is InChI=1S/C23H39NO6/c1-16(2)9-10-18-22(3,30-18)20-19(27-4)17(11-12-23(20)15-28-23)29-21(26)24-13-7-5-6-8-14-25/h9,17-20,25H,5-8,10-15H2,1-4H3,(H,24,26). The summed E-state index contributed by atoms with van der Waals surface area (Å²) in [6.45, 7) is 7.86. The first-order valence-electron chi connectivity index (χ1n) is 11.4. The average molecular weight is 426 g/mol. The summed E-state index contributed by atoms with van der Waals surface area (Å²) in [5.41, 5.74) is 0.749. The van der Waals surface area contributed by atoms with E-state index >= 15 is 0 Å². The Labute approximate surface area is 180 Å². The molecule has 172 valence electrons. The molecule has 2 N–H and O–H groups in total. The van der Waals surface area contributed by atoms with Crippen LogP contribution in [-0.2, 0) is 18.9 Å². The van der Waals surface area contributed by atoms with Gasteiger partial charge < -0.3 is 29.4 Å². The second kappa shape index (κ2) is 9.98. The van der Waals surface area contributed by atoms with Crippen molar-refractivity contribution in [1.29, 1.82) is 0 Å². The highest BCUT2D eigenvalue weighted by Gasteiger charge is 2.72. The van der Waals surface area contributed by atoms with Crippen molar-refractivity contribution in [2.45, 2.75) is 95.2 Å². The quantitative estimate of drug-likeness (QED) is 0.300. The Kier molecular flexibility index (Phi) is 7.82. The minimum absolute atomic E-state index is 0.0376. The van der Waals surface area contributed by atoms with Gasteiger partial charge in [0.25, 0.3) is 0 Å². The number of carbonyl (C=O) groups excluding carboxylic acids is 1. The van der Waals surface area contributed by atoms with E-state index in [1.54, 1.807) is 7.11 Å². The first-order valence-corrected chi connectivity index (χ1v) is 11.4. The van der Waals surface area contributed by atoms with Gasteiger partial charge in [0.2, 0.25) is 0 Å². The molecule has 0 radical (unpaired) electrons. The number of aliphatic hydroxyl groups is 1. The minimum atomic E-state index is -0.390. The van der Waals surface area contributed by atoms with Gasteiger partial charge in [0.1, 0.15) is 23.4 Å². The van der Waals surface area contributed by atoms with E-state index in [0.717, 1.165) is 51.6 Å². The SMILES string of the molecule is COC1C(OC(=O)NCCCCCCO)CCC2(CO2)C1C1(C)OC1CC=C(C)C. The van der Waals surface area contributed by atoms with Crippen molar-refractivity contribution < 1.29 is 28.8 Å². The number of allylic oxidation sites excluding steroid dienone is 1. The summed E-state index contributed by atoms with van der Waals surface area (Å²) in [6, 6.07) is 0. The molecule has 2 heterocycles. The third kappa shape index (κ3) is 5.36. The number of hydrogen-bond acceptors (Lipinski definition) is 6. The molecule has 7 nitrogen and oxygen atoms in total. The molecule has 7 heteroatoms. The fourth-order valence-corrected chi connectivity index (χ4v) is 5.03. The third-order valence-corrected chi connectivity index (χ3v) is 6.85. The number of nitrogens with one attached hydrogen (secondary N) is 1. The molecular weight excluding hydrogens is 386 g/mol. The van der Waals surface area contributed by atoms with Gasteiger partial charge in [0, 0.05) is 20.3 Å². The van der Waals surface area contributed by atoms with Crippen molar-refractivity contribution in [3.63, 3.8) is 0 Å². The van der Waals surface area contributed by atoms with Gasteiger partial charge in [-0.2, -0.15) is 0 Å². The third-order valence-electron chi connectivity index (χ3n) is 6.85. The van der Waals surface area contributed by atoms with Gasteiger partial charge in [-0.25, -0.2) is 4.79 Å². The predicted molar refractivity (Wildman–Crippen MR) is 113 cm³/mol. The van der Waals surface area contributed by atoms with E-state index in [1.165, 1.54) is 5.57 Å². The minimum Gasteiger partial charge on any atom is -0.443 e. The van der Waals surface area contributed by atoms with Gasteiger partial charge in [-0.15, -0.1) is 0 Å². The number of ether oxygens (including phenoxy) is 4. The van der Waals surface area contributed by atoms with Crippen molar-refractivity contribution in [1.82, 2.24) is 5.32 Å². The first-order chi connectivity index (χ1) is 14.4. The summed E-state index contributed by atoms with van der Waals surface area (Å²) < 4.78 is 23.8. The molecule has 2 aliphatic heterocycles. The van der Waals surface area contributed by atoms with Crippen LogP contribution in [0.5, 0.6) is 0 Å². The van der Waals surface area contributed by atoms with Crippen LogP contribution in [0.4, 0.5) is 4.79 Å². The van der Waals surface area contributed by atoms with Gasteiger partial charge in [0.15, 0.2) is 0 Å². The fraction of sp³-hybridized carbons (Fsp3) is 0.870. The molecule has 3 aliphatic rings. The molecule has 2 saturated heterocycles. The zero-order chi connectivity index (χ0) is 21.8. The second-order valence-electron chi connectivity index (χ2n) is 9.39. The van der Waals surface area contributed by atoms with Crippen LogP contribution >= 0.6 is 0 Å². The number of hydrogen-bond donors (Lipinski definition) is 2. The topological polar surface area (TPSA) is 92.9 Å². The van der Waals surface area contributed by atoms with E-state index < -0.39 is 6.09 Å². The molecule has 30 heavy (non-hydrogen) atoms. The number of epoxide rings is 2. The van der Waals surface area contributed by atoms with Gasteiger partial charge in [-0.3, -0.25) is 0 Å². The zero-order valence-electron chi connectivity index (χ0n) is 18.9. The Bertz CT molecular complexity index is 615. The van der Waals surface area contributed by atoms with Crippen molar-refractivity contribution in [3.8, 4) is 0 Å². The second-order valence-corrected chi connectivity index (χ2v) is 9.39. The predicted octanol–water partition coefficient (Wildman–Crippen LogP) is 3.34. The molecule has 1 saturated carbocycles. The van der Waals surface area contributed by atoms with Crippen LogP contribution in [0.25, 0.3) is 0 Å². The Morgan fingerprint density at radius 2 is 2.00 bits per heavy atom. The molecule has 6 atom stereocenters. The molecule has 0 aromatic heterocycles. The fourth-order valence-electron chi connectivity index (χ4n) is 5.03. The van der Waals surface area contributed by atoms with E-state index in [9.17, 15) is 4.79 Å². The van der Waals surface area contributed by atoms with Gasteiger partial charge in [-0.1, -0.05) is 24.5 Å². The Balaban J connectivity index is 1.56. The van der Waals surface area contributed by atoms with Crippen LogP contribution in [0, 0.1) is 5.92 Å². The van der Waals surface area contributed by atoms with Crippen LogP contribution in [0.2, 0.25) is 0 Å². The Hall–Kier alpha value is -1.15. The number of alkyl carbamates (subject to hydrolysis) is 1. The summed E-state index contributed by atoms with van der Waals surface area (Å²) in [5, 5.41) is 11.7. The number of aliphatic hydroxyl groups excluding tert-OH is 1.